The Morgan fingerprint density at radius 2 is 1.07 bits per heavy atom. The maximum absolute atomic E-state index is 9.84. The molecule has 200 valence electrons. The third-order valence-electron chi connectivity index (χ3n) is 8.06. The minimum atomic E-state index is -0.654. The van der Waals surface area contributed by atoms with Crippen LogP contribution in [0.2, 0.25) is 0 Å². The van der Waals surface area contributed by atoms with E-state index in [0.29, 0.717) is 16.3 Å². The van der Waals surface area contributed by atoms with Gasteiger partial charge in [-0.25, -0.2) is 0 Å². The van der Waals surface area contributed by atoms with Crippen LogP contribution in [0.4, 0.5) is 0 Å². The van der Waals surface area contributed by atoms with Crippen LogP contribution in [0.1, 0.15) is 15.1 Å². The lowest BCUT2D eigenvalue weighted by molar-refractivity contribution is 0.669. The highest BCUT2D eigenvalue weighted by Gasteiger charge is 2.19. The second kappa shape index (κ2) is 9.44. The number of fused-ring (bicyclic) bond motifs is 6. The first-order valence-electron chi connectivity index (χ1n) is 19.4. The van der Waals surface area contributed by atoms with Gasteiger partial charge < -0.3 is 4.42 Å². The van der Waals surface area contributed by atoms with E-state index in [0.717, 1.165) is 32.7 Å². The minimum Gasteiger partial charge on any atom is -0.456 e. The van der Waals surface area contributed by atoms with Crippen LogP contribution >= 0.6 is 0 Å². The lowest BCUT2D eigenvalue weighted by Crippen LogP contribution is -1.91. The summed E-state index contributed by atoms with van der Waals surface area (Å²) >= 11 is 0. The minimum absolute atomic E-state index is 0.0592. The van der Waals surface area contributed by atoms with Crippen molar-refractivity contribution in [2.75, 3.05) is 0 Å². The van der Waals surface area contributed by atoms with E-state index in [2.05, 4.69) is 24.3 Å². The van der Waals surface area contributed by atoms with Crippen molar-refractivity contribution in [2.24, 2.45) is 0 Å². The van der Waals surface area contributed by atoms with Crippen molar-refractivity contribution in [3.8, 4) is 33.4 Å². The normalized spacial score (nSPS) is 15.3. The van der Waals surface area contributed by atoms with Crippen molar-refractivity contribution < 1.29 is 19.5 Å². The fraction of sp³-hybridized carbons (Fsp3) is 0. The Bertz CT molecular complexity index is 3040. The molecule has 1 nitrogen and oxygen atoms in total. The van der Waals surface area contributed by atoms with Gasteiger partial charge >= 0.3 is 0 Å². The monoisotopic (exact) mass is 557 g/mol. The fourth-order valence-electron chi connectivity index (χ4n) is 6.27. The topological polar surface area (TPSA) is 13.1 Å². The largest absolute Gasteiger partial charge is 0.456 e. The summed E-state index contributed by atoms with van der Waals surface area (Å²) < 4.78 is 103. The summed E-state index contributed by atoms with van der Waals surface area (Å²) in [6.07, 6.45) is 0. The quantitative estimate of drug-likeness (QED) is 0.197. The van der Waals surface area contributed by atoms with Gasteiger partial charge in [0.2, 0.25) is 0 Å². The van der Waals surface area contributed by atoms with Gasteiger partial charge in [-0.1, -0.05) is 139 Å². The number of hydrogen-bond donors (Lipinski definition) is 0. The molecule has 9 aromatic rings. The van der Waals surface area contributed by atoms with E-state index in [-0.39, 0.29) is 50.7 Å². The average molecular weight is 558 g/mol. The summed E-state index contributed by atoms with van der Waals surface area (Å²) in [5, 5.41) is 5.10. The summed E-state index contributed by atoms with van der Waals surface area (Å²) in [6.45, 7) is 0. The molecule has 1 heterocycles. The van der Waals surface area contributed by atoms with Gasteiger partial charge in [0.1, 0.15) is 11.2 Å². The first-order chi connectivity index (χ1) is 25.9. The smallest absolute Gasteiger partial charge is 0.136 e. The molecule has 0 bridgehead atoms. The van der Waals surface area contributed by atoms with Gasteiger partial charge in [0.15, 0.2) is 0 Å². The SMILES string of the molecule is [2H]c1c([2H])c([2H])c(-c2c([2H])c([2H])c([2H])c3oc4c([2H])c([2H])c(-c5c6ccccc6c(-c6cccc7ccccc67)c6ccccc56)c([2H])c4c23)c([2H])c1[2H]. The van der Waals surface area contributed by atoms with Gasteiger partial charge in [0, 0.05) is 10.8 Å². The number of benzene rings is 8. The Labute approximate surface area is 264 Å². The third kappa shape index (κ3) is 3.65. The molecule has 0 radical (unpaired) electrons. The molecule has 0 fully saturated rings. The maximum atomic E-state index is 9.84. The molecule has 0 aliphatic carbocycles. The van der Waals surface area contributed by atoms with Crippen LogP contribution in [-0.4, -0.2) is 0 Å². The lowest BCUT2D eigenvalue weighted by Gasteiger charge is -2.18. The zero-order valence-corrected chi connectivity index (χ0v) is 22.6. The first-order valence-corrected chi connectivity index (χ1v) is 13.9. The Morgan fingerprint density at radius 1 is 0.419 bits per heavy atom. The van der Waals surface area contributed by atoms with Crippen LogP contribution in [0.15, 0.2) is 162 Å². The van der Waals surface area contributed by atoms with Crippen molar-refractivity contribution in [3.05, 3.63) is 157 Å². The highest BCUT2D eigenvalue weighted by molar-refractivity contribution is 6.24. The second-order valence-corrected chi connectivity index (χ2v) is 10.4. The molecule has 0 N–H and O–H groups in total. The van der Waals surface area contributed by atoms with Gasteiger partial charge in [0.05, 0.1) is 15.1 Å². The van der Waals surface area contributed by atoms with Gasteiger partial charge in [0.25, 0.3) is 0 Å². The van der Waals surface area contributed by atoms with Crippen LogP contribution in [0.5, 0.6) is 0 Å². The van der Waals surface area contributed by atoms with Crippen molar-refractivity contribution in [2.45, 2.75) is 0 Å². The molecule has 9 rings (SSSR count). The van der Waals surface area contributed by atoms with Crippen molar-refractivity contribution >= 4 is 54.3 Å². The standard InChI is InChI=1S/C42H26O/c1-2-12-28(13-3-1)31-21-11-23-39-42(31)37-26-29(24-25-38(37)43-39)40-33-17-6-8-19-35(33)41(36-20-9-7-18-34(36)40)32-22-10-15-27-14-4-5-16-30(27)32/h1-26H/i1D,2D,3D,11D,12D,13D,21D,23D,24D,25D,26D. The Hall–Kier alpha value is -5.66. The third-order valence-corrected chi connectivity index (χ3v) is 8.06. The van der Waals surface area contributed by atoms with E-state index >= 15 is 0 Å². The zero-order valence-electron chi connectivity index (χ0n) is 33.6. The fourth-order valence-corrected chi connectivity index (χ4v) is 6.27. The molecule has 0 saturated carbocycles. The molecule has 0 amide bonds. The molecule has 0 aliphatic heterocycles. The highest BCUT2D eigenvalue weighted by Crippen LogP contribution is 2.46. The van der Waals surface area contributed by atoms with Crippen LogP contribution in [0.25, 0.3) is 87.6 Å². The molecule has 0 saturated heterocycles. The first kappa shape index (κ1) is 15.5. The molecule has 0 atom stereocenters. The summed E-state index contributed by atoms with van der Waals surface area (Å²) in [5.74, 6) is 0. The van der Waals surface area contributed by atoms with E-state index in [1.54, 1.807) is 0 Å². The maximum Gasteiger partial charge on any atom is 0.136 e. The van der Waals surface area contributed by atoms with E-state index in [9.17, 15) is 4.11 Å². The van der Waals surface area contributed by atoms with Gasteiger partial charge in [-0.2, -0.15) is 0 Å². The summed E-state index contributed by atoms with van der Waals surface area (Å²) in [6, 6.07) is 23.8. The van der Waals surface area contributed by atoms with Crippen LogP contribution in [-0.2, 0) is 0 Å². The Morgan fingerprint density at radius 3 is 1.81 bits per heavy atom. The Kier molecular flexibility index (Phi) is 3.41. The second-order valence-electron chi connectivity index (χ2n) is 10.4. The number of rotatable bonds is 3. The molecule has 8 aromatic carbocycles. The van der Waals surface area contributed by atoms with E-state index in [1.807, 2.05) is 66.7 Å². The van der Waals surface area contributed by atoms with Crippen molar-refractivity contribution in [1.82, 2.24) is 0 Å². The Balaban J connectivity index is 1.48. The predicted molar refractivity (Wildman–Crippen MR) is 183 cm³/mol. The molecular formula is C42H26O. The highest BCUT2D eigenvalue weighted by atomic mass is 16.3. The molecule has 0 spiro atoms. The van der Waals surface area contributed by atoms with Crippen molar-refractivity contribution in [1.29, 1.82) is 0 Å². The average Bonchev–Trinajstić information content (AvgIpc) is 3.59. The van der Waals surface area contributed by atoms with Gasteiger partial charge in [-0.05, 0) is 83.8 Å². The van der Waals surface area contributed by atoms with E-state index in [1.165, 1.54) is 0 Å². The van der Waals surface area contributed by atoms with Crippen LogP contribution in [0.3, 0.4) is 0 Å². The predicted octanol–water partition coefficient (Wildman–Crippen LogP) is 12.0. The number of furan rings is 1. The summed E-state index contributed by atoms with van der Waals surface area (Å²) in [7, 11) is 0. The van der Waals surface area contributed by atoms with Crippen LogP contribution < -0.4 is 0 Å². The summed E-state index contributed by atoms with van der Waals surface area (Å²) in [4.78, 5) is 0. The molecule has 0 unspecified atom stereocenters. The number of hydrogen-bond acceptors (Lipinski definition) is 1. The summed E-state index contributed by atoms with van der Waals surface area (Å²) in [5.41, 5.74) is 1.39. The zero-order chi connectivity index (χ0) is 37.9. The molecule has 1 aromatic heterocycles. The van der Waals surface area contributed by atoms with Gasteiger partial charge in [-0.15, -0.1) is 0 Å². The van der Waals surface area contributed by atoms with Gasteiger partial charge in [-0.3, -0.25) is 0 Å². The molecule has 0 aliphatic rings. The molecule has 1 heteroatoms. The van der Waals surface area contributed by atoms with E-state index < -0.39 is 54.4 Å². The molecule has 43 heavy (non-hydrogen) atoms. The lowest BCUT2D eigenvalue weighted by atomic mass is 9.84. The van der Waals surface area contributed by atoms with Crippen molar-refractivity contribution in [3.63, 3.8) is 0 Å². The van der Waals surface area contributed by atoms with Crippen LogP contribution in [0, 0.1) is 0 Å². The molecular weight excluding hydrogens is 520 g/mol. The van der Waals surface area contributed by atoms with E-state index in [4.69, 9.17) is 15.4 Å².